The van der Waals surface area contributed by atoms with Crippen LogP contribution in [0.15, 0.2) is 11.6 Å². The first-order chi connectivity index (χ1) is 21.7. The monoisotopic (exact) mass is 659 g/mol. The number of nitrogens with two attached hydrogens (primary N) is 1. The van der Waals surface area contributed by atoms with E-state index in [2.05, 4.69) is 11.0 Å². The van der Waals surface area contributed by atoms with Gasteiger partial charge in [-0.3, -0.25) is 9.69 Å². The van der Waals surface area contributed by atoms with E-state index in [0.29, 0.717) is 57.3 Å². The molecule has 15 atom stereocenters. The predicted octanol–water partition coefficient (Wildman–Crippen LogP) is -2.42. The van der Waals surface area contributed by atoms with Gasteiger partial charge in [-0.25, -0.2) is 0 Å². The molecule has 14 nitrogen and oxygen atoms in total. The number of hydrogen-bond acceptors (Lipinski definition) is 14. The Hall–Kier alpha value is -1.11. The molecule has 0 bridgehead atoms. The molecule has 0 heterocycles. The average molecular weight is 660 g/mol. The quantitative estimate of drug-likeness (QED) is 0.0698. The maximum atomic E-state index is 13.5. The Labute approximate surface area is 271 Å². The van der Waals surface area contributed by atoms with Gasteiger partial charge in [-0.05, 0) is 89.5 Å². The minimum absolute atomic E-state index is 0.0198. The third kappa shape index (κ3) is 7.39. The minimum atomic E-state index is -2.30. The van der Waals surface area contributed by atoms with E-state index in [1.165, 1.54) is 14.2 Å². The lowest BCUT2D eigenvalue weighted by molar-refractivity contribution is -0.240. The van der Waals surface area contributed by atoms with Gasteiger partial charge in [-0.15, -0.1) is 0 Å². The van der Waals surface area contributed by atoms with Crippen molar-refractivity contribution in [1.82, 2.24) is 9.80 Å². The van der Waals surface area contributed by atoms with E-state index >= 15 is 0 Å². The number of carbonyl (C=O) groups is 1. The van der Waals surface area contributed by atoms with Crippen LogP contribution in [0.2, 0.25) is 0 Å². The van der Waals surface area contributed by atoms with Gasteiger partial charge < -0.3 is 61.0 Å². The highest BCUT2D eigenvalue weighted by Crippen LogP contribution is 2.56. The van der Waals surface area contributed by atoms with Gasteiger partial charge in [0.25, 0.3) is 0 Å². The second-order valence-corrected chi connectivity index (χ2v) is 14.3. The highest BCUT2D eigenvalue weighted by Gasteiger charge is 2.67. The van der Waals surface area contributed by atoms with Crippen molar-refractivity contribution in [1.29, 1.82) is 0 Å². The summed E-state index contributed by atoms with van der Waals surface area (Å²) in [6, 6.07) is -0.153. The largest absolute Gasteiger partial charge is 0.392 e. The highest BCUT2D eigenvalue weighted by atomic mass is 16.6. The van der Waals surface area contributed by atoms with Crippen LogP contribution in [0, 0.1) is 35.5 Å². The van der Waals surface area contributed by atoms with E-state index in [0.717, 1.165) is 0 Å². The summed E-state index contributed by atoms with van der Waals surface area (Å²) in [7, 11) is 6.74. The van der Waals surface area contributed by atoms with Crippen LogP contribution in [-0.4, -0.2) is 159 Å². The number of nitrogens with zero attached hydrogens (tertiary/aromatic N) is 2. The van der Waals surface area contributed by atoms with Crippen LogP contribution in [0.5, 0.6) is 0 Å². The van der Waals surface area contributed by atoms with E-state index in [-0.39, 0.29) is 30.7 Å². The van der Waals surface area contributed by atoms with Crippen LogP contribution in [-0.2, 0) is 14.3 Å². The summed E-state index contributed by atoms with van der Waals surface area (Å²) in [5.41, 5.74) is 3.99. The summed E-state index contributed by atoms with van der Waals surface area (Å²) in [5, 5.41) is 87.7. The molecule has 0 saturated heterocycles. The zero-order valence-electron chi connectivity index (χ0n) is 27.5. The molecule has 14 heteroatoms. The van der Waals surface area contributed by atoms with Crippen LogP contribution in [0.1, 0.15) is 44.9 Å². The van der Waals surface area contributed by atoms with E-state index in [1.54, 1.807) is 0 Å². The van der Waals surface area contributed by atoms with Gasteiger partial charge in [0.05, 0.1) is 30.3 Å². The van der Waals surface area contributed by atoms with Crippen molar-refractivity contribution < 1.29 is 55.1 Å². The lowest BCUT2D eigenvalue weighted by Crippen LogP contribution is -2.73. The molecule has 46 heavy (non-hydrogen) atoms. The van der Waals surface area contributed by atoms with Crippen LogP contribution >= 0.6 is 0 Å². The maximum Gasteiger partial charge on any atom is 0.176 e. The fraction of sp³-hybridized carbons (Fsp3) is 0.906. The first-order valence-corrected chi connectivity index (χ1v) is 16.6. The summed E-state index contributed by atoms with van der Waals surface area (Å²) < 4.78 is 9.94. The topological polar surface area (TPSA) is 230 Å². The molecule has 0 spiro atoms. The second kappa shape index (κ2) is 15.6. The molecule has 0 amide bonds. The molecule has 0 aromatic carbocycles. The van der Waals surface area contributed by atoms with Crippen LogP contribution in [0.3, 0.4) is 0 Å². The molecule has 0 aliphatic heterocycles. The zero-order valence-corrected chi connectivity index (χ0v) is 27.5. The van der Waals surface area contributed by atoms with Gasteiger partial charge in [0, 0.05) is 44.6 Å². The van der Waals surface area contributed by atoms with Crippen molar-refractivity contribution in [3.8, 4) is 0 Å². The van der Waals surface area contributed by atoms with Crippen molar-refractivity contribution >= 4 is 5.78 Å². The van der Waals surface area contributed by atoms with Crippen molar-refractivity contribution in [2.75, 3.05) is 47.9 Å². The van der Waals surface area contributed by atoms with E-state index < -0.39 is 78.3 Å². The van der Waals surface area contributed by atoms with E-state index in [9.17, 15) is 45.6 Å². The molecule has 3 saturated carbocycles. The fourth-order valence-corrected chi connectivity index (χ4v) is 9.01. The normalized spacial score (nSPS) is 41.4. The van der Waals surface area contributed by atoms with Gasteiger partial charge >= 0.3 is 0 Å². The molecule has 4 aliphatic rings. The maximum absolute atomic E-state index is 13.5. The number of aliphatic hydroxyl groups is 8. The molecule has 266 valence electrons. The molecular formula is C32H57N3O11. The zero-order chi connectivity index (χ0) is 34.1. The second-order valence-electron chi connectivity index (χ2n) is 14.3. The number of carbonyl (C=O) groups excluding carboxylic acids is 1. The molecule has 0 aromatic heterocycles. The smallest absolute Gasteiger partial charge is 0.176 e. The standard InChI is InChI=1S/C32H57N3O11/c1-34(2)20-13-17(15-35(9-5-7-22(37)45-3)10-6-8-23(38)46-4)27(39)25-19(20)12-16-11-18-14-21(36)26(31(33)43)30(42)32(18,44)29(41)24(16)28(25)40/h13,16,18-29,31,36-41,43-44H,5-12,14-15,33H2,1-4H3/t16-,18+,19?,20?,21?,22?,23?,24?,25?,26?,27?,28?,29?,31?,32+/m1/s1. The summed E-state index contributed by atoms with van der Waals surface area (Å²) in [5.74, 6) is -5.24. The van der Waals surface area contributed by atoms with Crippen molar-refractivity contribution in [3.05, 3.63) is 11.6 Å². The molecule has 0 aromatic rings. The van der Waals surface area contributed by atoms with Gasteiger partial charge in [0.2, 0.25) is 0 Å². The Morgan fingerprint density at radius 2 is 1.54 bits per heavy atom. The average Bonchev–Trinajstić information content (AvgIpc) is 2.99. The van der Waals surface area contributed by atoms with Crippen molar-refractivity contribution in [2.45, 2.75) is 99.8 Å². The molecule has 4 aliphatic carbocycles. The fourth-order valence-electron chi connectivity index (χ4n) is 9.01. The molecule has 4 rings (SSSR count). The van der Waals surface area contributed by atoms with Gasteiger partial charge in [-0.1, -0.05) is 6.08 Å². The molecule has 10 N–H and O–H groups in total. The van der Waals surface area contributed by atoms with Crippen LogP contribution in [0.4, 0.5) is 0 Å². The Kier molecular flexibility index (Phi) is 12.8. The third-order valence-electron chi connectivity index (χ3n) is 11.4. The van der Waals surface area contributed by atoms with Crippen molar-refractivity contribution in [3.63, 3.8) is 0 Å². The van der Waals surface area contributed by atoms with Crippen LogP contribution < -0.4 is 5.73 Å². The first-order valence-electron chi connectivity index (χ1n) is 16.6. The molecule has 3 fully saturated rings. The number of ether oxygens (including phenoxy) is 2. The number of fused-ring (bicyclic) bond motifs is 3. The molecular weight excluding hydrogens is 602 g/mol. The molecule has 0 radical (unpaired) electrons. The summed E-state index contributed by atoms with van der Waals surface area (Å²) in [6.45, 7) is 1.52. The summed E-state index contributed by atoms with van der Waals surface area (Å²) in [4.78, 5) is 17.6. The van der Waals surface area contributed by atoms with Crippen molar-refractivity contribution in [2.24, 2.45) is 41.2 Å². The number of methoxy groups -OCH3 is 2. The van der Waals surface area contributed by atoms with Gasteiger partial charge in [0.1, 0.15) is 6.23 Å². The van der Waals surface area contributed by atoms with Gasteiger partial charge in [-0.2, -0.15) is 0 Å². The van der Waals surface area contributed by atoms with Crippen LogP contribution in [0.25, 0.3) is 0 Å². The van der Waals surface area contributed by atoms with E-state index in [1.807, 2.05) is 19.0 Å². The lowest BCUT2D eigenvalue weighted by Gasteiger charge is -2.60. The number of rotatable bonds is 14. The molecule has 12 unspecified atom stereocenters. The Balaban J connectivity index is 1.59. The Morgan fingerprint density at radius 1 is 0.957 bits per heavy atom. The van der Waals surface area contributed by atoms with Gasteiger partial charge in [0.15, 0.2) is 24.0 Å². The number of ketones is 1. The minimum Gasteiger partial charge on any atom is -0.392 e. The number of aliphatic hydroxyl groups excluding tert-OH is 7. The summed E-state index contributed by atoms with van der Waals surface area (Å²) >= 11 is 0. The number of likely N-dealkylation sites (N-methyl/N-ethyl adjacent to an activating group) is 1. The Morgan fingerprint density at radius 3 is 2.07 bits per heavy atom. The first kappa shape index (κ1) is 37.7. The number of hydrogen-bond donors (Lipinski definition) is 9. The lowest BCUT2D eigenvalue weighted by atomic mass is 9.49. The number of Topliss-reactive ketones (excluding diaryl/α,β-unsaturated/α-hetero) is 1. The SMILES string of the molecule is COC(O)CCCN(CCCC(O)OC)CC1=CC(N(C)C)C2C[C@H]3C[C@H]4CC(O)C(C(N)O)C(=O)[C@@]4(O)C(O)C3C(O)C2C1O. The Bertz CT molecular complexity index is 1030. The third-order valence-corrected chi connectivity index (χ3v) is 11.4. The summed E-state index contributed by atoms with van der Waals surface area (Å²) in [6.07, 6.45) is -3.85. The highest BCUT2D eigenvalue weighted by molar-refractivity contribution is 5.92. The predicted molar refractivity (Wildman–Crippen MR) is 165 cm³/mol. The van der Waals surface area contributed by atoms with E-state index in [4.69, 9.17) is 15.2 Å².